The molecule has 0 atom stereocenters. The number of oxazole rings is 1. The van der Waals surface area contributed by atoms with Crippen molar-refractivity contribution in [1.29, 1.82) is 0 Å². The number of carbonyl (C=O) groups excluding carboxylic acids is 2. The van der Waals surface area contributed by atoms with Crippen molar-refractivity contribution in [3.05, 3.63) is 59.1 Å². The van der Waals surface area contributed by atoms with Crippen molar-refractivity contribution in [2.45, 2.75) is 6.54 Å². The summed E-state index contributed by atoms with van der Waals surface area (Å²) in [6, 6.07) is 14.5. The van der Waals surface area contributed by atoms with Crippen LogP contribution in [0.15, 0.2) is 57.7 Å². The first-order valence-corrected chi connectivity index (χ1v) is 10.1. The zero-order chi connectivity index (χ0) is 21.8. The molecule has 1 aliphatic heterocycles. The van der Waals surface area contributed by atoms with E-state index in [4.69, 9.17) is 9.15 Å². The minimum atomic E-state index is -0.604. The first-order valence-electron chi connectivity index (χ1n) is 10.1. The number of hydrogen-bond donors (Lipinski definition) is 1. The third-order valence-corrected chi connectivity index (χ3v) is 5.20. The van der Waals surface area contributed by atoms with Gasteiger partial charge in [0.05, 0.1) is 25.3 Å². The second-order valence-electron chi connectivity index (χ2n) is 7.37. The summed E-state index contributed by atoms with van der Waals surface area (Å²) in [5.41, 5.74) is 2.69. The lowest BCUT2D eigenvalue weighted by Crippen LogP contribution is -2.38. The maximum absolute atomic E-state index is 12.5. The topological polar surface area (TPSA) is 97.0 Å². The average Bonchev–Trinajstić information content (AvgIpc) is 3.09. The number of nitrogens with zero attached hydrogens (tertiary/aromatic N) is 3. The van der Waals surface area contributed by atoms with Gasteiger partial charge in [-0.3, -0.25) is 14.2 Å². The predicted molar refractivity (Wildman–Crippen MR) is 116 cm³/mol. The van der Waals surface area contributed by atoms with E-state index in [-0.39, 0.29) is 24.9 Å². The number of aromatic nitrogens is 1. The number of amides is 2. The standard InChI is InChI=1S/C22H24N4O5/c1-24(21(28)15-26-18-4-2-3-5-19(18)31-22(26)29)14-20(27)23-16-6-8-17(9-7-16)25-10-12-30-13-11-25/h2-9H,10-15H2,1H3,(H,23,27). The van der Waals surface area contributed by atoms with E-state index in [1.54, 1.807) is 24.3 Å². The van der Waals surface area contributed by atoms with E-state index in [2.05, 4.69) is 10.2 Å². The van der Waals surface area contributed by atoms with Crippen LogP contribution in [0.1, 0.15) is 0 Å². The van der Waals surface area contributed by atoms with Crippen molar-refractivity contribution in [2.24, 2.45) is 0 Å². The maximum atomic E-state index is 12.5. The summed E-state index contributed by atoms with van der Waals surface area (Å²) in [6.45, 7) is 2.77. The molecule has 4 rings (SSSR count). The smallest absolute Gasteiger partial charge is 0.408 e. The molecule has 0 spiro atoms. The summed E-state index contributed by atoms with van der Waals surface area (Å²) in [4.78, 5) is 40.5. The molecule has 1 N–H and O–H groups in total. The van der Waals surface area contributed by atoms with Crippen LogP contribution in [-0.4, -0.2) is 61.2 Å². The van der Waals surface area contributed by atoms with Gasteiger partial charge < -0.3 is 24.3 Å². The number of para-hydroxylation sites is 2. The molecular formula is C22H24N4O5. The van der Waals surface area contributed by atoms with E-state index in [0.29, 0.717) is 30.0 Å². The van der Waals surface area contributed by atoms with Gasteiger partial charge in [-0.15, -0.1) is 0 Å². The minimum absolute atomic E-state index is 0.130. The first kappa shape index (κ1) is 20.7. The van der Waals surface area contributed by atoms with Gasteiger partial charge in [-0.05, 0) is 36.4 Å². The number of nitrogens with one attached hydrogen (secondary N) is 1. The Morgan fingerprint density at radius 1 is 1.06 bits per heavy atom. The highest BCUT2D eigenvalue weighted by molar-refractivity contribution is 5.94. The predicted octanol–water partition coefficient (Wildman–Crippen LogP) is 1.53. The van der Waals surface area contributed by atoms with Gasteiger partial charge in [0.1, 0.15) is 6.54 Å². The van der Waals surface area contributed by atoms with Crippen LogP contribution in [0.4, 0.5) is 11.4 Å². The quantitative estimate of drug-likeness (QED) is 0.645. The highest BCUT2D eigenvalue weighted by Gasteiger charge is 2.18. The monoisotopic (exact) mass is 424 g/mol. The van der Waals surface area contributed by atoms with Crippen LogP contribution in [-0.2, 0) is 20.9 Å². The molecule has 1 aromatic heterocycles. The molecule has 31 heavy (non-hydrogen) atoms. The van der Waals surface area contributed by atoms with E-state index in [1.165, 1.54) is 16.5 Å². The Hall–Kier alpha value is -3.59. The van der Waals surface area contributed by atoms with Crippen molar-refractivity contribution in [1.82, 2.24) is 9.47 Å². The number of likely N-dealkylation sites (N-methyl/N-ethyl adjacent to an activating group) is 1. The molecule has 3 aromatic rings. The molecule has 0 bridgehead atoms. The normalized spacial score (nSPS) is 13.9. The molecule has 2 aromatic carbocycles. The van der Waals surface area contributed by atoms with Gasteiger partial charge >= 0.3 is 5.76 Å². The van der Waals surface area contributed by atoms with Crippen LogP contribution in [0.25, 0.3) is 11.1 Å². The van der Waals surface area contributed by atoms with Crippen LogP contribution in [0.3, 0.4) is 0 Å². The van der Waals surface area contributed by atoms with Crippen LogP contribution >= 0.6 is 0 Å². The lowest BCUT2D eigenvalue weighted by Gasteiger charge is -2.28. The maximum Gasteiger partial charge on any atom is 0.420 e. The summed E-state index contributed by atoms with van der Waals surface area (Å²) >= 11 is 0. The third-order valence-electron chi connectivity index (χ3n) is 5.20. The third kappa shape index (κ3) is 4.77. The summed E-state index contributed by atoms with van der Waals surface area (Å²) in [5, 5.41) is 2.79. The zero-order valence-corrected chi connectivity index (χ0v) is 17.2. The van der Waals surface area contributed by atoms with Gasteiger partial charge in [0.15, 0.2) is 5.58 Å². The van der Waals surface area contributed by atoms with Crippen molar-refractivity contribution < 1.29 is 18.7 Å². The fourth-order valence-corrected chi connectivity index (χ4v) is 3.50. The fourth-order valence-electron chi connectivity index (χ4n) is 3.50. The van der Waals surface area contributed by atoms with E-state index in [9.17, 15) is 14.4 Å². The molecule has 0 unspecified atom stereocenters. The Morgan fingerprint density at radius 3 is 2.52 bits per heavy atom. The molecule has 1 fully saturated rings. The Balaban J connectivity index is 1.33. The van der Waals surface area contributed by atoms with Gasteiger partial charge in [-0.2, -0.15) is 0 Å². The summed E-state index contributed by atoms with van der Waals surface area (Å²) in [5.74, 6) is -1.29. The zero-order valence-electron chi connectivity index (χ0n) is 17.2. The van der Waals surface area contributed by atoms with Crippen molar-refractivity contribution in [2.75, 3.05) is 50.1 Å². The molecule has 1 saturated heterocycles. The van der Waals surface area contributed by atoms with Crippen LogP contribution in [0, 0.1) is 0 Å². The number of morpholine rings is 1. The van der Waals surface area contributed by atoms with Gasteiger partial charge in [-0.1, -0.05) is 12.1 Å². The van der Waals surface area contributed by atoms with Crippen LogP contribution in [0.5, 0.6) is 0 Å². The van der Waals surface area contributed by atoms with Crippen LogP contribution < -0.4 is 16.0 Å². The number of benzene rings is 2. The molecule has 9 heteroatoms. The number of ether oxygens (including phenoxy) is 1. The van der Waals surface area contributed by atoms with E-state index in [1.807, 2.05) is 24.3 Å². The molecule has 0 saturated carbocycles. The van der Waals surface area contributed by atoms with E-state index in [0.717, 1.165) is 18.8 Å². The van der Waals surface area contributed by atoms with Gasteiger partial charge in [0.2, 0.25) is 11.8 Å². The Bertz CT molecular complexity index is 1130. The van der Waals surface area contributed by atoms with E-state index < -0.39 is 5.76 Å². The van der Waals surface area contributed by atoms with Crippen LogP contribution in [0.2, 0.25) is 0 Å². The minimum Gasteiger partial charge on any atom is -0.408 e. The number of rotatable bonds is 6. The lowest BCUT2D eigenvalue weighted by molar-refractivity contribution is -0.133. The second-order valence-corrected chi connectivity index (χ2v) is 7.37. The lowest BCUT2D eigenvalue weighted by atomic mass is 10.2. The van der Waals surface area contributed by atoms with Crippen molar-refractivity contribution >= 4 is 34.3 Å². The van der Waals surface area contributed by atoms with Gasteiger partial charge in [0, 0.05) is 31.5 Å². The molecule has 2 heterocycles. The van der Waals surface area contributed by atoms with Crippen molar-refractivity contribution in [3.63, 3.8) is 0 Å². The molecule has 0 aliphatic carbocycles. The molecule has 2 amide bonds. The molecule has 9 nitrogen and oxygen atoms in total. The Kier molecular flexibility index (Phi) is 6.03. The van der Waals surface area contributed by atoms with Gasteiger partial charge in [0.25, 0.3) is 0 Å². The highest BCUT2D eigenvalue weighted by Crippen LogP contribution is 2.19. The first-order chi connectivity index (χ1) is 15.0. The van der Waals surface area contributed by atoms with Gasteiger partial charge in [-0.25, -0.2) is 4.79 Å². The molecule has 0 radical (unpaired) electrons. The number of hydrogen-bond acceptors (Lipinski definition) is 6. The SMILES string of the molecule is CN(CC(=O)Nc1ccc(N2CCOCC2)cc1)C(=O)Cn1c(=O)oc2ccccc21. The number of fused-ring (bicyclic) bond motifs is 1. The second kappa shape index (κ2) is 9.05. The summed E-state index contributed by atoms with van der Waals surface area (Å²) in [6.07, 6.45) is 0. The Labute approximate surface area is 178 Å². The number of anilines is 2. The molecule has 162 valence electrons. The fraction of sp³-hybridized carbons (Fsp3) is 0.318. The largest absolute Gasteiger partial charge is 0.420 e. The van der Waals surface area contributed by atoms with Crippen molar-refractivity contribution in [3.8, 4) is 0 Å². The number of carbonyl (C=O) groups is 2. The molecule has 1 aliphatic rings. The average molecular weight is 424 g/mol. The van der Waals surface area contributed by atoms with E-state index >= 15 is 0 Å². The summed E-state index contributed by atoms with van der Waals surface area (Å²) < 4.78 is 11.8. The molecular weight excluding hydrogens is 400 g/mol. The highest BCUT2D eigenvalue weighted by atomic mass is 16.5. The Morgan fingerprint density at radius 2 is 1.77 bits per heavy atom. The summed E-state index contributed by atoms with van der Waals surface area (Å²) in [7, 11) is 1.52.